The van der Waals surface area contributed by atoms with Crippen LogP contribution in [0, 0.1) is 5.82 Å². The molecule has 0 spiro atoms. The number of benzene rings is 3. The molecule has 8 heteroatoms. The third-order valence-corrected chi connectivity index (χ3v) is 5.16. The number of hydrogen-bond donors (Lipinski definition) is 1. The van der Waals surface area contributed by atoms with E-state index in [1.807, 2.05) is 13.0 Å². The second kappa shape index (κ2) is 11.0. The van der Waals surface area contributed by atoms with Crippen molar-refractivity contribution in [1.29, 1.82) is 0 Å². The van der Waals surface area contributed by atoms with Gasteiger partial charge in [0.25, 0.3) is 11.8 Å². The predicted octanol–water partition coefficient (Wildman–Crippen LogP) is 5.04. The van der Waals surface area contributed by atoms with Gasteiger partial charge in [-0.2, -0.15) is 0 Å². The Morgan fingerprint density at radius 3 is 2.31 bits per heavy atom. The van der Waals surface area contributed by atoms with Crippen molar-refractivity contribution in [3.05, 3.63) is 115 Å². The zero-order valence-corrected chi connectivity index (χ0v) is 19.0. The van der Waals surface area contributed by atoms with E-state index in [2.05, 4.69) is 15.3 Å². The molecule has 0 saturated carbocycles. The first-order valence-electron chi connectivity index (χ1n) is 11.0. The van der Waals surface area contributed by atoms with E-state index in [0.717, 1.165) is 0 Å². The highest BCUT2D eigenvalue weighted by atomic mass is 19.1. The Balaban J connectivity index is 1.81. The first-order valence-corrected chi connectivity index (χ1v) is 11.0. The normalized spacial score (nSPS) is 11.4. The van der Waals surface area contributed by atoms with Crippen LogP contribution in [0.3, 0.4) is 0 Å². The lowest BCUT2D eigenvalue weighted by molar-refractivity contribution is -0.117. The number of ether oxygens (including phenoxy) is 1. The minimum absolute atomic E-state index is 0.0851. The Kier molecular flexibility index (Phi) is 7.42. The molecule has 2 amide bonds. The third-order valence-electron chi connectivity index (χ3n) is 5.16. The second-order valence-corrected chi connectivity index (χ2v) is 7.50. The molecule has 0 unspecified atom stereocenters. The molecule has 7 nitrogen and oxygen atoms in total. The molecule has 35 heavy (non-hydrogen) atoms. The van der Waals surface area contributed by atoms with Crippen molar-refractivity contribution in [3.63, 3.8) is 0 Å². The number of carbonyl (C=O) groups excluding carboxylic acids is 2. The van der Waals surface area contributed by atoms with E-state index in [9.17, 15) is 14.0 Å². The van der Waals surface area contributed by atoms with Gasteiger partial charge in [-0.15, -0.1) is 0 Å². The molecule has 0 aliphatic heterocycles. The van der Waals surface area contributed by atoms with Crippen LogP contribution in [-0.4, -0.2) is 28.4 Å². The summed E-state index contributed by atoms with van der Waals surface area (Å²) in [4.78, 5) is 36.9. The number of nitrogens with zero attached hydrogens (tertiary/aromatic N) is 3. The fourth-order valence-electron chi connectivity index (χ4n) is 3.58. The molecule has 1 aromatic heterocycles. The lowest BCUT2D eigenvalue weighted by Gasteiger charge is -2.31. The topological polar surface area (TPSA) is 84.4 Å². The largest absolute Gasteiger partial charge is 0.494 e. The van der Waals surface area contributed by atoms with Gasteiger partial charge in [-0.1, -0.05) is 30.3 Å². The van der Waals surface area contributed by atoms with E-state index < -0.39 is 23.7 Å². The van der Waals surface area contributed by atoms with Crippen molar-refractivity contribution in [2.45, 2.75) is 13.0 Å². The zero-order chi connectivity index (χ0) is 24.6. The summed E-state index contributed by atoms with van der Waals surface area (Å²) in [5.74, 6) is -0.769. The van der Waals surface area contributed by atoms with Gasteiger partial charge in [0, 0.05) is 23.8 Å². The van der Waals surface area contributed by atoms with Gasteiger partial charge in [0.05, 0.1) is 12.8 Å². The molecule has 4 aromatic rings. The molecule has 0 aliphatic carbocycles. The van der Waals surface area contributed by atoms with E-state index in [1.165, 1.54) is 47.8 Å². The number of para-hydroxylation sites is 1. The smallest absolute Gasteiger partial charge is 0.279 e. The molecule has 0 fully saturated rings. The van der Waals surface area contributed by atoms with Gasteiger partial charge >= 0.3 is 0 Å². The van der Waals surface area contributed by atoms with Crippen LogP contribution < -0.4 is 15.0 Å². The fourth-order valence-corrected chi connectivity index (χ4v) is 3.58. The van der Waals surface area contributed by atoms with Crippen molar-refractivity contribution in [1.82, 2.24) is 9.97 Å². The van der Waals surface area contributed by atoms with Gasteiger partial charge in [0.2, 0.25) is 0 Å². The Bertz CT molecular complexity index is 1270. The number of carbonyl (C=O) groups is 2. The van der Waals surface area contributed by atoms with Crippen molar-refractivity contribution in [2.75, 3.05) is 16.8 Å². The van der Waals surface area contributed by atoms with Gasteiger partial charge in [-0.25, -0.2) is 9.37 Å². The predicted molar refractivity (Wildman–Crippen MR) is 131 cm³/mol. The maximum atomic E-state index is 13.7. The van der Waals surface area contributed by atoms with Gasteiger partial charge in [0.1, 0.15) is 23.3 Å². The van der Waals surface area contributed by atoms with Crippen LogP contribution in [0.2, 0.25) is 0 Å². The Labute approximate surface area is 202 Å². The Morgan fingerprint density at radius 1 is 0.971 bits per heavy atom. The van der Waals surface area contributed by atoms with Gasteiger partial charge < -0.3 is 10.1 Å². The standard InChI is InChI=1S/C27H23FN4O3/c1-2-35-23-14-8-19(9-15-23)25(26(33)31-21-12-10-20(28)11-13-21)32(22-6-4-3-5-7-22)27(34)24-18-29-16-17-30-24/h3-18,25H,2H2,1H3,(H,31,33)/t25-/m0/s1. The van der Waals surface area contributed by atoms with Crippen LogP contribution in [0.15, 0.2) is 97.5 Å². The van der Waals surface area contributed by atoms with E-state index in [1.54, 1.807) is 48.5 Å². The summed E-state index contributed by atoms with van der Waals surface area (Å²) in [6, 6.07) is 20.1. The highest BCUT2D eigenvalue weighted by Gasteiger charge is 2.34. The number of rotatable bonds is 8. The number of aromatic nitrogens is 2. The number of halogens is 1. The average Bonchev–Trinajstić information content (AvgIpc) is 2.90. The van der Waals surface area contributed by atoms with Crippen LogP contribution in [0.5, 0.6) is 5.75 Å². The molecule has 176 valence electrons. The molecule has 4 rings (SSSR count). The molecule has 0 saturated heterocycles. The summed E-state index contributed by atoms with van der Waals surface area (Å²) in [7, 11) is 0. The molecule has 1 N–H and O–H groups in total. The minimum Gasteiger partial charge on any atom is -0.494 e. The molecular formula is C27H23FN4O3. The quantitative estimate of drug-likeness (QED) is 0.390. The number of hydrogen-bond acceptors (Lipinski definition) is 5. The van der Waals surface area contributed by atoms with Gasteiger partial charge in [0.15, 0.2) is 0 Å². The van der Waals surface area contributed by atoms with Gasteiger partial charge in [-0.05, 0) is 61.0 Å². The highest BCUT2D eigenvalue weighted by molar-refractivity contribution is 6.11. The Hall–Kier alpha value is -4.59. The summed E-state index contributed by atoms with van der Waals surface area (Å²) in [5.41, 5.74) is 1.53. The summed E-state index contributed by atoms with van der Waals surface area (Å²) in [5, 5.41) is 2.80. The second-order valence-electron chi connectivity index (χ2n) is 7.50. The maximum absolute atomic E-state index is 13.7. The molecule has 3 aromatic carbocycles. The van der Waals surface area contributed by atoms with Crippen LogP contribution >= 0.6 is 0 Å². The number of amides is 2. The molecule has 0 aliphatic rings. The van der Waals surface area contributed by atoms with Crippen molar-refractivity contribution in [3.8, 4) is 5.75 Å². The summed E-state index contributed by atoms with van der Waals surface area (Å²) < 4.78 is 18.9. The third kappa shape index (κ3) is 5.67. The molecular weight excluding hydrogens is 447 g/mol. The Morgan fingerprint density at radius 2 is 1.69 bits per heavy atom. The summed E-state index contributed by atoms with van der Waals surface area (Å²) in [6.07, 6.45) is 4.24. The first kappa shape index (κ1) is 23.6. The van der Waals surface area contributed by atoms with Gasteiger partial charge in [-0.3, -0.25) is 19.5 Å². The maximum Gasteiger partial charge on any atom is 0.279 e. The van der Waals surface area contributed by atoms with Crippen LogP contribution in [0.25, 0.3) is 0 Å². The molecule has 0 radical (unpaired) electrons. The summed E-state index contributed by atoms with van der Waals surface area (Å²) >= 11 is 0. The number of anilines is 2. The summed E-state index contributed by atoms with van der Waals surface area (Å²) in [6.45, 7) is 2.37. The SMILES string of the molecule is CCOc1ccc([C@@H](C(=O)Nc2ccc(F)cc2)N(C(=O)c2cnccn2)c2ccccc2)cc1. The van der Waals surface area contributed by atoms with Crippen molar-refractivity contribution < 1.29 is 18.7 Å². The lowest BCUT2D eigenvalue weighted by atomic mass is 10.0. The molecule has 1 heterocycles. The van der Waals surface area contributed by atoms with E-state index in [-0.39, 0.29) is 5.69 Å². The van der Waals surface area contributed by atoms with Crippen LogP contribution in [0.4, 0.5) is 15.8 Å². The average molecular weight is 471 g/mol. The van der Waals surface area contributed by atoms with Crippen LogP contribution in [-0.2, 0) is 4.79 Å². The fraction of sp³-hybridized carbons (Fsp3) is 0.111. The van der Waals surface area contributed by atoms with E-state index in [4.69, 9.17) is 4.74 Å². The van der Waals surface area contributed by atoms with E-state index >= 15 is 0 Å². The molecule has 1 atom stereocenters. The van der Waals surface area contributed by atoms with Crippen molar-refractivity contribution in [2.24, 2.45) is 0 Å². The first-order chi connectivity index (χ1) is 17.1. The zero-order valence-electron chi connectivity index (χ0n) is 19.0. The molecule has 0 bridgehead atoms. The van der Waals surface area contributed by atoms with Crippen LogP contribution in [0.1, 0.15) is 29.0 Å². The highest BCUT2D eigenvalue weighted by Crippen LogP contribution is 2.31. The lowest BCUT2D eigenvalue weighted by Crippen LogP contribution is -2.42. The monoisotopic (exact) mass is 470 g/mol. The van der Waals surface area contributed by atoms with Crippen molar-refractivity contribution >= 4 is 23.2 Å². The minimum atomic E-state index is -1.08. The van der Waals surface area contributed by atoms with E-state index in [0.29, 0.717) is 29.3 Å². The number of nitrogens with one attached hydrogen (secondary N) is 1.